The Morgan fingerprint density at radius 3 is 3.00 bits per heavy atom. The molecule has 1 fully saturated rings. The van der Waals surface area contributed by atoms with Crippen LogP contribution < -0.4 is 5.32 Å². The molecule has 2 N–H and O–H groups in total. The van der Waals surface area contributed by atoms with E-state index in [0.29, 0.717) is 6.04 Å². The molecule has 25 heavy (non-hydrogen) atoms. The molecule has 1 aliphatic rings. The number of benzene rings is 1. The lowest BCUT2D eigenvalue weighted by molar-refractivity contribution is 0.162. The summed E-state index contributed by atoms with van der Waals surface area (Å²) in [6.07, 6.45) is 7.44. The van der Waals surface area contributed by atoms with Crippen molar-refractivity contribution >= 4 is 10.9 Å². The number of aromatic amines is 1. The van der Waals surface area contributed by atoms with Crippen molar-refractivity contribution in [1.29, 1.82) is 0 Å². The van der Waals surface area contributed by atoms with Crippen molar-refractivity contribution in [1.82, 2.24) is 25.4 Å². The molecular weight excluding hydrogens is 310 g/mol. The predicted molar refractivity (Wildman–Crippen MR) is 100 cm³/mol. The predicted octanol–water partition coefficient (Wildman–Crippen LogP) is 3.10. The minimum Gasteiger partial charge on any atom is -0.317 e. The third kappa shape index (κ3) is 4.06. The average Bonchev–Trinajstić information content (AvgIpc) is 2.94. The number of hydrogen-bond acceptors (Lipinski definition) is 4. The summed E-state index contributed by atoms with van der Waals surface area (Å²) in [6.45, 7) is 4.07. The van der Waals surface area contributed by atoms with Crippen molar-refractivity contribution in [2.24, 2.45) is 0 Å². The summed E-state index contributed by atoms with van der Waals surface area (Å²) in [5, 5.41) is 11.9. The van der Waals surface area contributed by atoms with Crippen LogP contribution in [-0.4, -0.2) is 39.2 Å². The summed E-state index contributed by atoms with van der Waals surface area (Å²) in [5.74, 6) is 0. The molecule has 1 saturated heterocycles. The van der Waals surface area contributed by atoms with E-state index in [2.05, 4.69) is 55.7 Å². The van der Waals surface area contributed by atoms with E-state index in [1.54, 1.807) is 0 Å². The number of hydrogen-bond donors (Lipinski definition) is 2. The number of aromatic nitrogens is 3. The maximum Gasteiger partial charge on any atom is 0.0653 e. The van der Waals surface area contributed by atoms with E-state index in [1.807, 2.05) is 18.5 Å². The lowest BCUT2D eigenvalue weighted by Crippen LogP contribution is -2.35. The molecule has 1 aromatic carbocycles. The topological polar surface area (TPSA) is 56.8 Å². The normalized spacial score (nSPS) is 18.5. The fraction of sp³-hybridized carbons (Fsp3) is 0.400. The molecule has 0 spiro atoms. The Kier molecular flexibility index (Phi) is 5.04. The van der Waals surface area contributed by atoms with Gasteiger partial charge in [-0.2, -0.15) is 5.10 Å². The first kappa shape index (κ1) is 16.2. The van der Waals surface area contributed by atoms with Crippen molar-refractivity contribution in [3.63, 3.8) is 0 Å². The highest BCUT2D eigenvalue weighted by Gasteiger charge is 2.21. The number of nitrogens with one attached hydrogen (secondary N) is 2. The van der Waals surface area contributed by atoms with Crippen molar-refractivity contribution in [2.75, 3.05) is 13.1 Å². The quantitative estimate of drug-likeness (QED) is 0.752. The van der Waals surface area contributed by atoms with Crippen LogP contribution >= 0.6 is 0 Å². The molecule has 0 saturated carbocycles. The molecule has 3 heterocycles. The van der Waals surface area contributed by atoms with Crippen LogP contribution in [0, 0.1) is 0 Å². The first-order valence-corrected chi connectivity index (χ1v) is 9.15. The smallest absolute Gasteiger partial charge is 0.0653 e. The summed E-state index contributed by atoms with van der Waals surface area (Å²) in [7, 11) is 0. The van der Waals surface area contributed by atoms with Crippen molar-refractivity contribution in [2.45, 2.75) is 38.4 Å². The van der Waals surface area contributed by atoms with Crippen LogP contribution in [0.3, 0.4) is 0 Å². The highest BCUT2D eigenvalue weighted by molar-refractivity contribution is 5.78. The molecule has 5 heteroatoms. The van der Waals surface area contributed by atoms with Crippen LogP contribution in [0.1, 0.15) is 30.5 Å². The van der Waals surface area contributed by atoms with Crippen LogP contribution in [0.4, 0.5) is 0 Å². The number of fused-ring (bicyclic) bond motifs is 1. The van der Waals surface area contributed by atoms with E-state index in [0.717, 1.165) is 37.4 Å². The van der Waals surface area contributed by atoms with Gasteiger partial charge in [-0.3, -0.25) is 15.0 Å². The van der Waals surface area contributed by atoms with Crippen molar-refractivity contribution in [3.05, 3.63) is 60.0 Å². The van der Waals surface area contributed by atoms with Gasteiger partial charge >= 0.3 is 0 Å². The summed E-state index contributed by atoms with van der Waals surface area (Å²) in [5.41, 5.74) is 3.57. The largest absolute Gasteiger partial charge is 0.317 e. The van der Waals surface area contributed by atoms with Gasteiger partial charge in [-0.25, -0.2) is 0 Å². The second kappa shape index (κ2) is 7.76. The molecule has 1 atom stereocenters. The van der Waals surface area contributed by atoms with Gasteiger partial charge in [-0.15, -0.1) is 0 Å². The van der Waals surface area contributed by atoms with Gasteiger partial charge in [0.25, 0.3) is 0 Å². The Labute approximate surface area is 148 Å². The van der Waals surface area contributed by atoms with Gasteiger partial charge < -0.3 is 5.32 Å². The molecule has 130 valence electrons. The molecule has 3 aromatic rings. The Bertz CT molecular complexity index is 790. The maximum atomic E-state index is 4.55. The molecule has 5 nitrogen and oxygen atoms in total. The summed E-state index contributed by atoms with van der Waals surface area (Å²) < 4.78 is 0. The van der Waals surface area contributed by atoms with E-state index in [1.165, 1.54) is 30.2 Å². The van der Waals surface area contributed by atoms with Gasteiger partial charge in [0.15, 0.2) is 0 Å². The van der Waals surface area contributed by atoms with Crippen LogP contribution in [0.5, 0.6) is 0 Å². The molecule has 1 aliphatic heterocycles. The Morgan fingerprint density at radius 2 is 2.08 bits per heavy atom. The first-order chi connectivity index (χ1) is 12.4. The fourth-order valence-corrected chi connectivity index (χ4v) is 3.70. The Hall–Kier alpha value is -2.24. The molecule has 0 aliphatic carbocycles. The van der Waals surface area contributed by atoms with Gasteiger partial charge in [0, 0.05) is 30.7 Å². The van der Waals surface area contributed by atoms with Crippen LogP contribution in [0.25, 0.3) is 10.9 Å². The molecule has 4 rings (SSSR count). The van der Waals surface area contributed by atoms with E-state index < -0.39 is 0 Å². The highest BCUT2D eigenvalue weighted by atomic mass is 15.2. The van der Waals surface area contributed by atoms with Crippen LogP contribution in [0.2, 0.25) is 0 Å². The SMILES string of the molecule is c1ccc(CN(Cc2ccc3cn[nH]c3c2)[C@@H]2CCCNCC2)nc1. The van der Waals surface area contributed by atoms with Crippen molar-refractivity contribution < 1.29 is 0 Å². The third-order valence-electron chi connectivity index (χ3n) is 5.04. The van der Waals surface area contributed by atoms with Gasteiger partial charge in [0.05, 0.1) is 17.4 Å². The van der Waals surface area contributed by atoms with E-state index in [9.17, 15) is 0 Å². The Balaban J connectivity index is 1.56. The monoisotopic (exact) mass is 335 g/mol. The third-order valence-corrected chi connectivity index (χ3v) is 5.04. The zero-order valence-electron chi connectivity index (χ0n) is 14.5. The minimum absolute atomic E-state index is 0.592. The van der Waals surface area contributed by atoms with Gasteiger partial charge in [-0.1, -0.05) is 18.2 Å². The number of pyridine rings is 1. The van der Waals surface area contributed by atoms with Crippen molar-refractivity contribution in [3.8, 4) is 0 Å². The van der Waals surface area contributed by atoms with Gasteiger partial charge in [-0.05, 0) is 56.1 Å². The molecule has 0 unspecified atom stereocenters. The summed E-state index contributed by atoms with van der Waals surface area (Å²) >= 11 is 0. The molecule has 0 radical (unpaired) electrons. The summed E-state index contributed by atoms with van der Waals surface area (Å²) in [6, 6.07) is 13.4. The van der Waals surface area contributed by atoms with Gasteiger partial charge in [0.2, 0.25) is 0 Å². The van der Waals surface area contributed by atoms with Crippen LogP contribution in [-0.2, 0) is 13.1 Å². The van der Waals surface area contributed by atoms with E-state index >= 15 is 0 Å². The zero-order chi connectivity index (χ0) is 16.9. The number of H-pyrrole nitrogens is 1. The minimum atomic E-state index is 0.592. The van der Waals surface area contributed by atoms with Gasteiger partial charge in [0.1, 0.15) is 0 Å². The maximum absolute atomic E-state index is 4.55. The summed E-state index contributed by atoms with van der Waals surface area (Å²) in [4.78, 5) is 7.14. The molecule has 0 bridgehead atoms. The molecule has 2 aromatic heterocycles. The number of nitrogens with zero attached hydrogens (tertiary/aromatic N) is 3. The number of rotatable bonds is 5. The lowest BCUT2D eigenvalue weighted by atomic mass is 10.0. The Morgan fingerprint density at radius 1 is 1.08 bits per heavy atom. The average molecular weight is 335 g/mol. The standard InChI is InChI=1S/C20H25N5/c1-2-10-22-18(4-1)15-25(19-5-3-9-21-11-8-19)14-16-6-7-17-13-23-24-20(17)12-16/h1-2,4,6-7,10,12-13,19,21H,3,5,8-9,11,14-15H2,(H,23,24)/t19-/m1/s1. The molecule has 0 amide bonds. The first-order valence-electron chi connectivity index (χ1n) is 9.15. The lowest BCUT2D eigenvalue weighted by Gasteiger charge is -2.31. The fourth-order valence-electron chi connectivity index (χ4n) is 3.70. The second-order valence-corrected chi connectivity index (χ2v) is 6.85. The zero-order valence-corrected chi connectivity index (χ0v) is 14.5. The van der Waals surface area contributed by atoms with E-state index in [4.69, 9.17) is 0 Å². The highest BCUT2D eigenvalue weighted by Crippen LogP contribution is 2.21. The van der Waals surface area contributed by atoms with E-state index in [-0.39, 0.29) is 0 Å². The van der Waals surface area contributed by atoms with Crippen LogP contribution in [0.15, 0.2) is 48.8 Å². The molecular formula is C20H25N5. The second-order valence-electron chi connectivity index (χ2n) is 6.85.